The summed E-state index contributed by atoms with van der Waals surface area (Å²) in [7, 11) is 2.12. The molecule has 108 valence electrons. The molecule has 1 heterocycles. The molecule has 0 aliphatic rings. The van der Waals surface area contributed by atoms with Gasteiger partial charge in [-0.15, -0.1) is 0 Å². The molecule has 2 N–H and O–H groups in total. The molecule has 0 saturated carbocycles. The molecule has 1 aromatic heterocycles. The number of fused-ring (bicyclic) bond motifs is 1. The van der Waals surface area contributed by atoms with Gasteiger partial charge in [0.1, 0.15) is 0 Å². The number of unbranched alkanes of at least 4 members (excludes halogenated alkanes) is 1. The molecule has 2 aromatic rings. The number of benzene rings is 1. The fraction of sp³-hybridized carbons (Fsp3) is 0.438. The van der Waals surface area contributed by atoms with E-state index in [0.717, 1.165) is 28.0 Å². The first-order chi connectivity index (χ1) is 9.69. The lowest BCUT2D eigenvalue weighted by atomic mass is 10.0. The Morgan fingerprint density at radius 2 is 2.15 bits per heavy atom. The number of nitrogens with zero attached hydrogens (tertiary/aromatic N) is 2. The Morgan fingerprint density at radius 1 is 1.35 bits per heavy atom. The number of rotatable bonds is 6. The second-order valence-electron chi connectivity index (χ2n) is 5.12. The van der Waals surface area contributed by atoms with E-state index in [1.807, 2.05) is 24.4 Å². The fourth-order valence-corrected chi connectivity index (χ4v) is 2.75. The molecule has 0 spiro atoms. The highest BCUT2D eigenvalue weighted by molar-refractivity contribution is 6.35. The Bertz CT molecular complexity index is 571. The van der Waals surface area contributed by atoms with Crippen molar-refractivity contribution in [3.8, 4) is 0 Å². The minimum Gasteiger partial charge on any atom is -0.329 e. The SMILES string of the molecule is CCCCN(C)C(CN)c1ccc(Cl)c2cccnc12. The van der Waals surface area contributed by atoms with Crippen molar-refractivity contribution in [3.05, 3.63) is 41.0 Å². The highest BCUT2D eigenvalue weighted by atomic mass is 35.5. The molecule has 1 atom stereocenters. The highest BCUT2D eigenvalue weighted by Crippen LogP contribution is 2.30. The molecule has 0 bridgehead atoms. The molecule has 0 aliphatic heterocycles. The normalized spacial score (nSPS) is 13.1. The van der Waals surface area contributed by atoms with Gasteiger partial charge in [0.05, 0.1) is 5.52 Å². The number of hydrogen-bond donors (Lipinski definition) is 1. The van der Waals surface area contributed by atoms with Gasteiger partial charge in [0.15, 0.2) is 0 Å². The second kappa shape index (κ2) is 7.02. The lowest BCUT2D eigenvalue weighted by Crippen LogP contribution is -2.31. The van der Waals surface area contributed by atoms with Crippen LogP contribution in [0.3, 0.4) is 0 Å². The smallest absolute Gasteiger partial charge is 0.0765 e. The zero-order valence-corrected chi connectivity index (χ0v) is 12.9. The summed E-state index contributed by atoms with van der Waals surface area (Å²) in [5.41, 5.74) is 8.12. The van der Waals surface area contributed by atoms with Gasteiger partial charge in [0.2, 0.25) is 0 Å². The summed E-state index contributed by atoms with van der Waals surface area (Å²) in [4.78, 5) is 6.81. The zero-order chi connectivity index (χ0) is 14.5. The number of likely N-dealkylation sites (N-methyl/N-ethyl adjacent to an activating group) is 1. The first kappa shape index (κ1) is 15.2. The third-order valence-electron chi connectivity index (χ3n) is 3.73. The standard InChI is InChI=1S/C16H22ClN3/c1-3-4-10-20(2)15(11-18)13-7-8-14(17)12-6-5-9-19-16(12)13/h5-9,15H,3-4,10-11,18H2,1-2H3. The molecule has 0 aliphatic carbocycles. The molecule has 0 amide bonds. The van der Waals surface area contributed by atoms with Crippen LogP contribution in [0.2, 0.25) is 5.02 Å². The average molecular weight is 292 g/mol. The van der Waals surface area contributed by atoms with Gasteiger partial charge in [-0.1, -0.05) is 31.0 Å². The van der Waals surface area contributed by atoms with Crippen molar-refractivity contribution < 1.29 is 0 Å². The highest BCUT2D eigenvalue weighted by Gasteiger charge is 2.18. The number of hydrogen-bond acceptors (Lipinski definition) is 3. The molecule has 1 unspecified atom stereocenters. The lowest BCUT2D eigenvalue weighted by molar-refractivity contribution is 0.247. The first-order valence-electron chi connectivity index (χ1n) is 7.12. The van der Waals surface area contributed by atoms with E-state index in [1.54, 1.807) is 0 Å². The predicted octanol–water partition coefficient (Wildman–Crippen LogP) is 3.62. The van der Waals surface area contributed by atoms with Gasteiger partial charge >= 0.3 is 0 Å². The Kier molecular flexibility index (Phi) is 5.35. The monoisotopic (exact) mass is 291 g/mol. The van der Waals surface area contributed by atoms with Crippen molar-refractivity contribution in [3.63, 3.8) is 0 Å². The fourth-order valence-electron chi connectivity index (χ4n) is 2.54. The van der Waals surface area contributed by atoms with Crippen LogP contribution in [0.4, 0.5) is 0 Å². The largest absolute Gasteiger partial charge is 0.329 e. The summed E-state index contributed by atoms with van der Waals surface area (Å²) >= 11 is 6.26. The van der Waals surface area contributed by atoms with Crippen LogP contribution >= 0.6 is 11.6 Å². The van der Waals surface area contributed by atoms with Gasteiger partial charge < -0.3 is 5.73 Å². The maximum absolute atomic E-state index is 6.26. The van der Waals surface area contributed by atoms with Crippen molar-refractivity contribution in [1.82, 2.24) is 9.88 Å². The number of halogens is 1. The Hall–Kier alpha value is -1.16. The maximum atomic E-state index is 6.26. The first-order valence-corrected chi connectivity index (χ1v) is 7.50. The maximum Gasteiger partial charge on any atom is 0.0765 e. The van der Waals surface area contributed by atoms with Crippen molar-refractivity contribution in [2.45, 2.75) is 25.8 Å². The lowest BCUT2D eigenvalue weighted by Gasteiger charge is -2.28. The van der Waals surface area contributed by atoms with Crippen LogP contribution in [-0.4, -0.2) is 30.0 Å². The molecule has 0 fully saturated rings. The molecule has 20 heavy (non-hydrogen) atoms. The third kappa shape index (κ3) is 3.11. The van der Waals surface area contributed by atoms with E-state index in [-0.39, 0.29) is 6.04 Å². The minimum absolute atomic E-state index is 0.177. The minimum atomic E-state index is 0.177. The second-order valence-corrected chi connectivity index (χ2v) is 5.53. The summed E-state index contributed by atoms with van der Waals surface area (Å²) in [6.07, 6.45) is 4.16. The van der Waals surface area contributed by atoms with Crippen LogP contribution in [0.1, 0.15) is 31.4 Å². The number of nitrogens with two attached hydrogens (primary N) is 1. The summed E-state index contributed by atoms with van der Waals surface area (Å²) in [6, 6.07) is 8.09. The average Bonchev–Trinajstić information content (AvgIpc) is 2.48. The van der Waals surface area contributed by atoms with Gasteiger partial charge in [-0.05, 0) is 43.8 Å². The molecular formula is C16H22ClN3. The van der Waals surface area contributed by atoms with E-state index in [4.69, 9.17) is 17.3 Å². The van der Waals surface area contributed by atoms with Gasteiger partial charge in [-0.2, -0.15) is 0 Å². The molecule has 0 radical (unpaired) electrons. The van der Waals surface area contributed by atoms with Crippen LogP contribution in [0, 0.1) is 0 Å². The molecule has 1 aromatic carbocycles. The van der Waals surface area contributed by atoms with E-state index >= 15 is 0 Å². The summed E-state index contributed by atoms with van der Waals surface area (Å²) < 4.78 is 0. The third-order valence-corrected chi connectivity index (χ3v) is 4.06. The molecular weight excluding hydrogens is 270 g/mol. The van der Waals surface area contributed by atoms with Gasteiger partial charge in [0.25, 0.3) is 0 Å². The Balaban J connectivity index is 2.42. The summed E-state index contributed by atoms with van der Waals surface area (Å²) in [6.45, 7) is 3.81. The summed E-state index contributed by atoms with van der Waals surface area (Å²) in [5.74, 6) is 0. The van der Waals surface area contributed by atoms with E-state index < -0.39 is 0 Å². The summed E-state index contributed by atoms with van der Waals surface area (Å²) in [5, 5.41) is 1.73. The van der Waals surface area contributed by atoms with Crippen molar-refractivity contribution in [1.29, 1.82) is 0 Å². The van der Waals surface area contributed by atoms with Crippen LogP contribution in [0.25, 0.3) is 10.9 Å². The van der Waals surface area contributed by atoms with Gasteiger partial charge in [-0.25, -0.2) is 0 Å². The van der Waals surface area contributed by atoms with Crippen LogP contribution in [-0.2, 0) is 0 Å². The quantitative estimate of drug-likeness (QED) is 0.884. The van der Waals surface area contributed by atoms with E-state index in [2.05, 4.69) is 29.9 Å². The van der Waals surface area contributed by atoms with Crippen molar-refractivity contribution in [2.24, 2.45) is 5.73 Å². The Labute approximate surface area is 125 Å². The topological polar surface area (TPSA) is 42.1 Å². The van der Waals surface area contributed by atoms with Crippen LogP contribution in [0.5, 0.6) is 0 Å². The zero-order valence-electron chi connectivity index (χ0n) is 12.1. The van der Waals surface area contributed by atoms with Crippen LogP contribution < -0.4 is 5.73 Å². The van der Waals surface area contributed by atoms with Crippen LogP contribution in [0.15, 0.2) is 30.5 Å². The molecule has 0 saturated heterocycles. The molecule has 3 nitrogen and oxygen atoms in total. The molecule has 4 heteroatoms. The van der Waals surface area contributed by atoms with E-state index in [0.29, 0.717) is 6.54 Å². The number of aromatic nitrogens is 1. The van der Waals surface area contributed by atoms with E-state index in [9.17, 15) is 0 Å². The molecule has 2 rings (SSSR count). The number of pyridine rings is 1. The van der Waals surface area contributed by atoms with Crippen molar-refractivity contribution >= 4 is 22.5 Å². The van der Waals surface area contributed by atoms with E-state index in [1.165, 1.54) is 12.8 Å². The van der Waals surface area contributed by atoms with Crippen molar-refractivity contribution in [2.75, 3.05) is 20.1 Å². The van der Waals surface area contributed by atoms with Gasteiger partial charge in [0, 0.05) is 29.2 Å². The van der Waals surface area contributed by atoms with Gasteiger partial charge in [-0.3, -0.25) is 9.88 Å². The Morgan fingerprint density at radius 3 is 2.85 bits per heavy atom. The predicted molar refractivity (Wildman–Crippen MR) is 86.1 cm³/mol.